The summed E-state index contributed by atoms with van der Waals surface area (Å²) in [4.78, 5) is 0. The molecule has 1 atom stereocenters. The second-order valence-electron chi connectivity index (χ2n) is 5.53. The molecule has 92 valence electrons. The van der Waals surface area contributed by atoms with Crippen LogP contribution in [0.2, 0.25) is 0 Å². The largest absolute Gasteiger partial charge is 0.310 e. The Morgan fingerprint density at radius 3 is 3.06 bits per heavy atom. The van der Waals surface area contributed by atoms with Gasteiger partial charge in [0.1, 0.15) is 0 Å². The summed E-state index contributed by atoms with van der Waals surface area (Å²) in [5.41, 5.74) is 5.59. The molecule has 0 aromatic rings. The molecule has 0 aromatic carbocycles. The molecule has 2 aliphatic carbocycles. The van der Waals surface area contributed by atoms with Gasteiger partial charge in [-0.2, -0.15) is 0 Å². The van der Waals surface area contributed by atoms with Crippen LogP contribution < -0.4 is 0 Å². The summed E-state index contributed by atoms with van der Waals surface area (Å²) in [6, 6.07) is 0. The number of rotatable bonds is 3. The summed E-state index contributed by atoms with van der Waals surface area (Å²) in [6.07, 6.45) is 14.0. The number of nitrogens with one attached hydrogen (secondary N) is 1. The van der Waals surface area contributed by atoms with Crippen LogP contribution in [0.3, 0.4) is 0 Å². The monoisotopic (exact) mass is 229 g/mol. The lowest BCUT2D eigenvalue weighted by Crippen LogP contribution is -1.97. The first-order chi connectivity index (χ1) is 8.15. The second-order valence-corrected chi connectivity index (χ2v) is 5.53. The Labute approximate surface area is 105 Å². The molecule has 0 fully saturated rings. The van der Waals surface area contributed by atoms with E-state index in [2.05, 4.69) is 25.2 Å². The molecule has 17 heavy (non-hydrogen) atoms. The van der Waals surface area contributed by atoms with Crippen LogP contribution in [0.15, 0.2) is 34.9 Å². The minimum absolute atomic E-state index is 0.676. The zero-order valence-electron chi connectivity index (χ0n) is 11.1. The van der Waals surface area contributed by atoms with Gasteiger partial charge in [0.05, 0.1) is 0 Å². The summed E-state index contributed by atoms with van der Waals surface area (Å²) in [6.45, 7) is 4.23. The van der Waals surface area contributed by atoms with Crippen molar-refractivity contribution in [2.45, 2.75) is 52.4 Å². The van der Waals surface area contributed by atoms with E-state index in [1.807, 2.05) is 6.92 Å². The van der Waals surface area contributed by atoms with Gasteiger partial charge < -0.3 is 5.41 Å². The summed E-state index contributed by atoms with van der Waals surface area (Å²) in [5, 5.41) is 7.55. The van der Waals surface area contributed by atoms with Crippen LogP contribution in [0.25, 0.3) is 0 Å². The van der Waals surface area contributed by atoms with Crippen molar-refractivity contribution in [1.82, 2.24) is 0 Å². The highest BCUT2D eigenvalue weighted by Gasteiger charge is 2.16. The van der Waals surface area contributed by atoms with Crippen LogP contribution >= 0.6 is 0 Å². The molecule has 1 unspecified atom stereocenters. The highest BCUT2D eigenvalue weighted by molar-refractivity contribution is 5.78. The molecule has 2 aliphatic rings. The Hall–Kier alpha value is -1.11. The zero-order chi connectivity index (χ0) is 12.3. The molecule has 0 heterocycles. The van der Waals surface area contributed by atoms with Gasteiger partial charge in [0.2, 0.25) is 0 Å². The quantitative estimate of drug-likeness (QED) is 0.530. The molecule has 0 saturated heterocycles. The maximum absolute atomic E-state index is 7.55. The van der Waals surface area contributed by atoms with Crippen LogP contribution in [0.5, 0.6) is 0 Å². The third-order valence-electron chi connectivity index (χ3n) is 3.71. The Morgan fingerprint density at radius 1 is 1.47 bits per heavy atom. The molecule has 0 spiro atoms. The summed E-state index contributed by atoms with van der Waals surface area (Å²) < 4.78 is 0. The Bertz CT molecular complexity index is 396. The molecule has 1 heteroatoms. The van der Waals surface area contributed by atoms with E-state index < -0.39 is 0 Å². The molecule has 2 rings (SSSR count). The minimum atomic E-state index is 0.676. The van der Waals surface area contributed by atoms with Gasteiger partial charge in [-0.25, -0.2) is 0 Å². The summed E-state index contributed by atoms with van der Waals surface area (Å²) in [7, 11) is 0. The number of hydrogen-bond donors (Lipinski definition) is 1. The number of hydrogen-bond acceptors (Lipinski definition) is 1. The molecule has 0 saturated carbocycles. The average molecular weight is 229 g/mol. The molecular weight excluding hydrogens is 206 g/mol. The van der Waals surface area contributed by atoms with Crippen LogP contribution in [0.1, 0.15) is 52.4 Å². The normalized spacial score (nSPS) is 24.1. The van der Waals surface area contributed by atoms with Crippen LogP contribution in [-0.4, -0.2) is 5.71 Å². The van der Waals surface area contributed by atoms with Gasteiger partial charge in [-0.3, -0.25) is 0 Å². The van der Waals surface area contributed by atoms with Crippen molar-refractivity contribution in [2.24, 2.45) is 5.92 Å². The van der Waals surface area contributed by atoms with E-state index in [1.54, 1.807) is 16.7 Å². The molecular formula is C16H23N. The lowest BCUT2D eigenvalue weighted by molar-refractivity contribution is 0.684. The van der Waals surface area contributed by atoms with Crippen molar-refractivity contribution in [1.29, 1.82) is 5.41 Å². The fourth-order valence-electron chi connectivity index (χ4n) is 2.85. The third-order valence-corrected chi connectivity index (χ3v) is 3.71. The molecule has 1 nitrogen and oxygen atoms in total. The maximum Gasteiger partial charge on any atom is 0.00614 e. The van der Waals surface area contributed by atoms with Crippen molar-refractivity contribution >= 4 is 5.71 Å². The SMILES string of the molecule is CC(=N)CCC1=CC(C)CC2=C(C=CCC2)C1. The predicted octanol–water partition coefficient (Wildman–Crippen LogP) is 4.81. The third kappa shape index (κ3) is 3.42. The average Bonchev–Trinajstić information content (AvgIpc) is 2.43. The van der Waals surface area contributed by atoms with Crippen molar-refractivity contribution in [3.63, 3.8) is 0 Å². The fourth-order valence-corrected chi connectivity index (χ4v) is 2.85. The van der Waals surface area contributed by atoms with Gasteiger partial charge in [0.25, 0.3) is 0 Å². The van der Waals surface area contributed by atoms with Gasteiger partial charge in [-0.05, 0) is 56.9 Å². The molecule has 0 bridgehead atoms. The second kappa shape index (κ2) is 5.48. The lowest BCUT2D eigenvalue weighted by Gasteiger charge is -2.15. The smallest absolute Gasteiger partial charge is 0.00614 e. The highest BCUT2D eigenvalue weighted by Crippen LogP contribution is 2.34. The van der Waals surface area contributed by atoms with Crippen LogP contribution in [0, 0.1) is 11.3 Å². The van der Waals surface area contributed by atoms with Crippen LogP contribution in [0.4, 0.5) is 0 Å². The Morgan fingerprint density at radius 2 is 2.29 bits per heavy atom. The van der Waals surface area contributed by atoms with E-state index in [0.29, 0.717) is 5.92 Å². The zero-order valence-corrected chi connectivity index (χ0v) is 11.1. The van der Waals surface area contributed by atoms with E-state index in [1.165, 1.54) is 19.3 Å². The molecule has 0 aliphatic heterocycles. The first-order valence-electron chi connectivity index (χ1n) is 6.76. The van der Waals surface area contributed by atoms with Gasteiger partial charge in [-0.1, -0.05) is 36.3 Å². The van der Waals surface area contributed by atoms with E-state index in [4.69, 9.17) is 5.41 Å². The van der Waals surface area contributed by atoms with Crippen molar-refractivity contribution in [3.05, 3.63) is 34.9 Å². The Balaban J connectivity index is 2.10. The lowest BCUT2D eigenvalue weighted by atomic mass is 9.91. The van der Waals surface area contributed by atoms with Gasteiger partial charge in [0, 0.05) is 5.71 Å². The van der Waals surface area contributed by atoms with Crippen LogP contribution in [-0.2, 0) is 0 Å². The summed E-state index contributed by atoms with van der Waals surface area (Å²) >= 11 is 0. The fraction of sp³-hybridized carbons (Fsp3) is 0.562. The minimum Gasteiger partial charge on any atom is -0.310 e. The Kier molecular flexibility index (Phi) is 3.98. The van der Waals surface area contributed by atoms with E-state index >= 15 is 0 Å². The van der Waals surface area contributed by atoms with Crippen molar-refractivity contribution < 1.29 is 0 Å². The molecule has 0 amide bonds. The summed E-state index contributed by atoms with van der Waals surface area (Å²) in [5.74, 6) is 0.676. The standard InChI is InChI=1S/C16H23N/c1-12-9-14(8-7-13(2)17)11-16-6-4-3-5-15(16)10-12/h4,6,9,12,17H,3,5,7-8,10-11H2,1-2H3. The maximum atomic E-state index is 7.55. The number of allylic oxidation sites excluding steroid dienone is 6. The topological polar surface area (TPSA) is 23.9 Å². The van der Waals surface area contributed by atoms with E-state index in [0.717, 1.165) is 25.0 Å². The molecule has 0 radical (unpaired) electrons. The first kappa shape index (κ1) is 12.3. The van der Waals surface area contributed by atoms with Gasteiger partial charge >= 0.3 is 0 Å². The van der Waals surface area contributed by atoms with Gasteiger partial charge in [0.15, 0.2) is 0 Å². The van der Waals surface area contributed by atoms with E-state index in [9.17, 15) is 0 Å². The first-order valence-corrected chi connectivity index (χ1v) is 6.76. The highest BCUT2D eigenvalue weighted by atomic mass is 14.4. The van der Waals surface area contributed by atoms with Gasteiger partial charge in [-0.15, -0.1) is 0 Å². The predicted molar refractivity (Wildman–Crippen MR) is 74.5 cm³/mol. The van der Waals surface area contributed by atoms with E-state index in [-0.39, 0.29) is 0 Å². The molecule has 1 N–H and O–H groups in total. The molecule has 0 aromatic heterocycles. The van der Waals surface area contributed by atoms with Crippen molar-refractivity contribution in [3.8, 4) is 0 Å². The van der Waals surface area contributed by atoms with Crippen molar-refractivity contribution in [2.75, 3.05) is 0 Å².